The molecule has 42 heavy (non-hydrogen) atoms. The average molecular weight is 562 g/mol. The van der Waals surface area contributed by atoms with E-state index in [9.17, 15) is 19.5 Å². The highest BCUT2D eigenvalue weighted by molar-refractivity contribution is 6.46. The molecule has 0 aromatic heterocycles. The number of hydrogen-bond acceptors (Lipinski definition) is 6. The fourth-order valence-electron chi connectivity index (χ4n) is 5.17. The van der Waals surface area contributed by atoms with Crippen molar-refractivity contribution in [3.05, 3.63) is 142 Å². The number of rotatable bonds is 8. The number of hydrogen-bond donors (Lipinski definition) is 1. The fourth-order valence-corrected chi connectivity index (χ4v) is 5.17. The summed E-state index contributed by atoms with van der Waals surface area (Å²) in [4.78, 5) is 40.3. The molecule has 7 heteroatoms. The number of carbonyl (C=O) groups is 3. The van der Waals surface area contributed by atoms with Gasteiger partial charge in [-0.05, 0) is 72.0 Å². The van der Waals surface area contributed by atoms with Gasteiger partial charge in [-0.1, -0.05) is 66.7 Å². The number of amides is 1. The van der Waals surface area contributed by atoms with Gasteiger partial charge in [0, 0.05) is 12.1 Å². The number of esters is 1. The number of aliphatic hydroxyl groups excluding tert-OH is 1. The summed E-state index contributed by atoms with van der Waals surface area (Å²) < 4.78 is 10.8. The maximum atomic E-state index is 13.5. The van der Waals surface area contributed by atoms with Crippen LogP contribution in [-0.2, 0) is 27.5 Å². The zero-order valence-electron chi connectivity index (χ0n) is 23.7. The van der Waals surface area contributed by atoms with E-state index >= 15 is 0 Å². The summed E-state index contributed by atoms with van der Waals surface area (Å²) in [5.41, 5.74) is 4.97. The van der Waals surface area contributed by atoms with Crippen molar-refractivity contribution < 1.29 is 29.0 Å². The fraction of sp³-hybridized carbons (Fsp3) is 0.171. The van der Waals surface area contributed by atoms with Crippen LogP contribution in [0, 0.1) is 13.8 Å². The van der Waals surface area contributed by atoms with Crippen molar-refractivity contribution in [3.8, 4) is 5.75 Å². The molecule has 1 amide bonds. The Morgan fingerprint density at radius 2 is 1.48 bits per heavy atom. The molecule has 4 aromatic carbocycles. The number of Topliss-reactive ketones (excluding diaryl/α,β-unsaturated/α-hetero) is 1. The van der Waals surface area contributed by atoms with E-state index in [0.717, 1.165) is 27.8 Å². The number of carbonyl (C=O) groups excluding carboxylic acids is 3. The predicted octanol–water partition coefficient (Wildman–Crippen LogP) is 6.29. The number of methoxy groups -OCH3 is 1. The molecule has 0 radical (unpaired) electrons. The van der Waals surface area contributed by atoms with E-state index in [-0.39, 0.29) is 17.9 Å². The third kappa shape index (κ3) is 5.67. The Labute approximate surface area is 244 Å². The van der Waals surface area contributed by atoms with E-state index in [1.165, 1.54) is 12.0 Å². The molecule has 1 saturated heterocycles. The Morgan fingerprint density at radius 1 is 0.810 bits per heavy atom. The van der Waals surface area contributed by atoms with E-state index < -0.39 is 23.7 Å². The molecule has 0 spiro atoms. The van der Waals surface area contributed by atoms with Crippen molar-refractivity contribution in [1.82, 2.24) is 4.90 Å². The van der Waals surface area contributed by atoms with E-state index in [2.05, 4.69) is 0 Å². The summed E-state index contributed by atoms with van der Waals surface area (Å²) in [5, 5.41) is 11.6. The van der Waals surface area contributed by atoms with Crippen LogP contribution in [0.1, 0.15) is 49.8 Å². The number of nitrogens with zero attached hydrogens (tertiary/aromatic N) is 1. The van der Waals surface area contributed by atoms with Gasteiger partial charge < -0.3 is 19.5 Å². The second kappa shape index (κ2) is 12.1. The number of likely N-dealkylation sites (tertiary alicyclic amines) is 1. The van der Waals surface area contributed by atoms with Gasteiger partial charge in [0.05, 0.1) is 24.3 Å². The van der Waals surface area contributed by atoms with Crippen molar-refractivity contribution in [2.45, 2.75) is 33.0 Å². The maximum absolute atomic E-state index is 13.5. The highest BCUT2D eigenvalue weighted by Crippen LogP contribution is 2.41. The van der Waals surface area contributed by atoms with Crippen molar-refractivity contribution >= 4 is 23.4 Å². The quantitative estimate of drug-likeness (QED) is 0.118. The summed E-state index contributed by atoms with van der Waals surface area (Å²) in [7, 11) is 1.31. The molecule has 1 atom stereocenters. The molecule has 1 unspecified atom stereocenters. The molecule has 0 bridgehead atoms. The topological polar surface area (TPSA) is 93.1 Å². The summed E-state index contributed by atoms with van der Waals surface area (Å²) in [5.74, 6) is -1.52. The lowest BCUT2D eigenvalue weighted by Crippen LogP contribution is -2.29. The summed E-state index contributed by atoms with van der Waals surface area (Å²) in [6, 6.07) is 28.4. The van der Waals surface area contributed by atoms with E-state index in [1.807, 2.05) is 68.4 Å². The highest BCUT2D eigenvalue weighted by atomic mass is 16.5. The first kappa shape index (κ1) is 28.4. The molecule has 1 fully saturated rings. The first-order chi connectivity index (χ1) is 20.3. The molecule has 1 N–H and O–H groups in total. The number of aliphatic hydroxyl groups is 1. The molecule has 5 rings (SSSR count). The average Bonchev–Trinajstić information content (AvgIpc) is 3.25. The normalized spacial score (nSPS) is 16.0. The largest absolute Gasteiger partial charge is 0.507 e. The van der Waals surface area contributed by atoms with Crippen LogP contribution >= 0.6 is 0 Å². The first-order valence-electron chi connectivity index (χ1n) is 13.6. The van der Waals surface area contributed by atoms with Crippen LogP contribution in [0.5, 0.6) is 5.75 Å². The van der Waals surface area contributed by atoms with E-state index in [1.54, 1.807) is 42.5 Å². The number of ketones is 1. The second-order valence-electron chi connectivity index (χ2n) is 10.2. The van der Waals surface area contributed by atoms with E-state index in [0.29, 0.717) is 23.5 Å². The lowest BCUT2D eigenvalue weighted by molar-refractivity contribution is -0.140. The smallest absolute Gasteiger partial charge is 0.337 e. The molecule has 0 aliphatic carbocycles. The van der Waals surface area contributed by atoms with Crippen molar-refractivity contribution in [3.63, 3.8) is 0 Å². The molecule has 212 valence electrons. The molecular weight excluding hydrogens is 530 g/mol. The Balaban J connectivity index is 1.51. The zero-order valence-corrected chi connectivity index (χ0v) is 23.7. The van der Waals surface area contributed by atoms with Crippen LogP contribution in [-0.4, -0.2) is 34.8 Å². The summed E-state index contributed by atoms with van der Waals surface area (Å²) in [6.45, 7) is 4.27. The highest BCUT2D eigenvalue weighted by Gasteiger charge is 2.46. The van der Waals surface area contributed by atoms with Crippen molar-refractivity contribution in [1.29, 1.82) is 0 Å². The zero-order chi connectivity index (χ0) is 29.8. The van der Waals surface area contributed by atoms with Crippen LogP contribution in [0.25, 0.3) is 5.76 Å². The molecule has 1 aliphatic heterocycles. The number of aryl methyl sites for hydroxylation is 2. The third-order valence-corrected chi connectivity index (χ3v) is 7.44. The van der Waals surface area contributed by atoms with Crippen LogP contribution in [0.3, 0.4) is 0 Å². The van der Waals surface area contributed by atoms with Crippen LogP contribution in [0.2, 0.25) is 0 Å². The van der Waals surface area contributed by atoms with Gasteiger partial charge in [0.2, 0.25) is 0 Å². The lowest BCUT2D eigenvalue weighted by atomic mass is 9.92. The molecule has 4 aromatic rings. The molecule has 7 nitrogen and oxygen atoms in total. The van der Waals surface area contributed by atoms with Gasteiger partial charge in [-0.3, -0.25) is 9.59 Å². The Morgan fingerprint density at radius 3 is 2.14 bits per heavy atom. The predicted molar refractivity (Wildman–Crippen MR) is 159 cm³/mol. The van der Waals surface area contributed by atoms with Gasteiger partial charge in [0.1, 0.15) is 18.1 Å². The first-order valence-corrected chi connectivity index (χ1v) is 13.6. The summed E-state index contributed by atoms with van der Waals surface area (Å²) >= 11 is 0. The molecular formula is C35H31NO6. The van der Waals surface area contributed by atoms with Crippen LogP contribution < -0.4 is 4.74 Å². The van der Waals surface area contributed by atoms with Crippen molar-refractivity contribution in [2.24, 2.45) is 0 Å². The standard InChI is InChI=1S/C35H31NO6/c1-22-9-7-8-12-28(22)31-30(33(38)34(39)36(31)20-24-13-15-26(16-14-24)35(40)41-3)32(37)27-17-18-29(23(2)19-27)42-21-25-10-5-4-6-11-25/h4-19,31,37H,20-21H2,1-3H3/b32-30+. The molecule has 1 heterocycles. The van der Waals surface area contributed by atoms with Crippen LogP contribution in [0.4, 0.5) is 0 Å². The minimum Gasteiger partial charge on any atom is -0.507 e. The number of benzene rings is 4. The Bertz CT molecular complexity index is 1670. The van der Waals surface area contributed by atoms with Gasteiger partial charge in [0.25, 0.3) is 11.7 Å². The Kier molecular flexibility index (Phi) is 8.20. The SMILES string of the molecule is COC(=O)c1ccc(CN2C(=O)C(=O)/C(=C(/O)c3ccc(OCc4ccccc4)c(C)c3)C2c2ccccc2C)cc1. The van der Waals surface area contributed by atoms with Gasteiger partial charge in [-0.25, -0.2) is 4.79 Å². The lowest BCUT2D eigenvalue weighted by Gasteiger charge is -2.26. The maximum Gasteiger partial charge on any atom is 0.337 e. The minimum absolute atomic E-state index is 0.0258. The van der Waals surface area contributed by atoms with Crippen molar-refractivity contribution in [2.75, 3.05) is 7.11 Å². The minimum atomic E-state index is -0.805. The van der Waals surface area contributed by atoms with E-state index in [4.69, 9.17) is 9.47 Å². The Hall–Kier alpha value is -5.17. The van der Waals surface area contributed by atoms with Gasteiger partial charge in [0.15, 0.2) is 0 Å². The van der Waals surface area contributed by atoms with Gasteiger partial charge in [-0.15, -0.1) is 0 Å². The molecule has 0 saturated carbocycles. The molecule has 1 aliphatic rings. The third-order valence-electron chi connectivity index (χ3n) is 7.44. The monoisotopic (exact) mass is 561 g/mol. The number of ether oxygens (including phenoxy) is 2. The van der Waals surface area contributed by atoms with Crippen LogP contribution in [0.15, 0.2) is 103 Å². The van der Waals surface area contributed by atoms with Gasteiger partial charge in [-0.2, -0.15) is 0 Å². The van der Waals surface area contributed by atoms with Gasteiger partial charge >= 0.3 is 5.97 Å². The second-order valence-corrected chi connectivity index (χ2v) is 10.2. The summed E-state index contributed by atoms with van der Waals surface area (Å²) in [6.07, 6.45) is 0.